The summed E-state index contributed by atoms with van der Waals surface area (Å²) in [5.74, 6) is 1.90. The van der Waals surface area contributed by atoms with Crippen LogP contribution in [0.3, 0.4) is 0 Å². The first-order valence-corrected chi connectivity index (χ1v) is 9.75. The predicted octanol–water partition coefficient (Wildman–Crippen LogP) is 5.83. The van der Waals surface area contributed by atoms with E-state index >= 15 is 0 Å². The van der Waals surface area contributed by atoms with Crippen molar-refractivity contribution in [2.24, 2.45) is 0 Å². The smallest absolute Gasteiger partial charge is 0.234 e. The molecule has 0 fully saturated rings. The van der Waals surface area contributed by atoms with Gasteiger partial charge in [0.15, 0.2) is 0 Å². The Labute approximate surface area is 151 Å². The summed E-state index contributed by atoms with van der Waals surface area (Å²) in [5.41, 5.74) is 3.41. The highest BCUT2D eigenvalue weighted by molar-refractivity contribution is 9.10. The molecule has 0 saturated carbocycles. The van der Waals surface area contributed by atoms with Crippen molar-refractivity contribution < 1.29 is 4.79 Å². The van der Waals surface area contributed by atoms with E-state index in [1.165, 1.54) is 11.1 Å². The highest BCUT2D eigenvalue weighted by Gasteiger charge is 2.05. The summed E-state index contributed by atoms with van der Waals surface area (Å²) < 4.78 is 1.07. The highest BCUT2D eigenvalue weighted by atomic mass is 79.9. The van der Waals surface area contributed by atoms with Crippen molar-refractivity contribution in [3.63, 3.8) is 0 Å². The number of halogens is 1. The Balaban J connectivity index is 1.77. The Bertz CT molecular complexity index is 625. The third kappa shape index (κ3) is 6.04. The first-order chi connectivity index (χ1) is 11.1. The van der Waals surface area contributed by atoms with E-state index in [9.17, 15) is 4.79 Å². The third-order valence-electron chi connectivity index (χ3n) is 3.79. The van der Waals surface area contributed by atoms with Crippen molar-refractivity contribution in [1.82, 2.24) is 0 Å². The van der Waals surface area contributed by atoms with Crippen LogP contribution in [0, 0.1) is 0 Å². The van der Waals surface area contributed by atoms with Gasteiger partial charge in [-0.1, -0.05) is 54.0 Å². The van der Waals surface area contributed by atoms with Crippen LogP contribution in [0.4, 0.5) is 5.69 Å². The second-order valence-corrected chi connectivity index (χ2v) is 7.50. The van der Waals surface area contributed by atoms with Crippen molar-refractivity contribution in [3.8, 4) is 0 Å². The number of anilines is 1. The number of hydrogen-bond acceptors (Lipinski definition) is 2. The molecule has 0 aromatic heterocycles. The van der Waals surface area contributed by atoms with Gasteiger partial charge in [-0.05, 0) is 47.7 Å². The van der Waals surface area contributed by atoms with Crippen LogP contribution in [0.5, 0.6) is 0 Å². The van der Waals surface area contributed by atoms with E-state index < -0.39 is 0 Å². The molecular formula is C19H22BrNOS. The Morgan fingerprint density at radius 1 is 1.13 bits per heavy atom. The van der Waals surface area contributed by atoms with E-state index in [1.54, 1.807) is 11.8 Å². The third-order valence-corrected chi connectivity index (χ3v) is 5.32. The summed E-state index contributed by atoms with van der Waals surface area (Å²) in [5, 5.41) is 2.95. The number of rotatable bonds is 7. The minimum absolute atomic E-state index is 0.0448. The van der Waals surface area contributed by atoms with Gasteiger partial charge in [0.2, 0.25) is 5.91 Å². The molecular weight excluding hydrogens is 370 g/mol. The topological polar surface area (TPSA) is 29.1 Å². The fraction of sp³-hybridized carbons (Fsp3) is 0.316. The molecule has 4 heteroatoms. The second-order valence-electron chi connectivity index (χ2n) is 5.60. The Morgan fingerprint density at radius 2 is 1.78 bits per heavy atom. The lowest BCUT2D eigenvalue weighted by Crippen LogP contribution is -2.14. The van der Waals surface area contributed by atoms with E-state index in [4.69, 9.17) is 0 Å². The lowest BCUT2D eigenvalue weighted by Gasteiger charge is -2.10. The molecule has 0 spiro atoms. The summed E-state index contributed by atoms with van der Waals surface area (Å²) in [6, 6.07) is 16.4. The molecule has 2 nitrogen and oxygen atoms in total. The second kappa shape index (κ2) is 9.14. The zero-order valence-corrected chi connectivity index (χ0v) is 15.9. The zero-order valence-electron chi connectivity index (χ0n) is 13.5. The van der Waals surface area contributed by atoms with Gasteiger partial charge in [-0.2, -0.15) is 0 Å². The Kier molecular flexibility index (Phi) is 7.18. The predicted molar refractivity (Wildman–Crippen MR) is 104 cm³/mol. The number of thioether (sulfide) groups is 1. The van der Waals surface area contributed by atoms with Gasteiger partial charge in [0, 0.05) is 15.9 Å². The number of carbonyl (C=O) groups is 1. The number of carbonyl (C=O) groups excluding carboxylic acids is 1. The first-order valence-electron chi connectivity index (χ1n) is 7.80. The van der Waals surface area contributed by atoms with Gasteiger partial charge in [-0.15, -0.1) is 11.8 Å². The maximum absolute atomic E-state index is 12.0. The number of benzene rings is 2. The molecule has 0 bridgehead atoms. The zero-order chi connectivity index (χ0) is 16.7. The van der Waals surface area contributed by atoms with Crippen LogP contribution in [0.2, 0.25) is 0 Å². The fourth-order valence-corrected chi connectivity index (χ4v) is 3.22. The number of hydrogen-bond donors (Lipinski definition) is 1. The highest BCUT2D eigenvalue weighted by Crippen LogP contribution is 2.21. The average molecular weight is 392 g/mol. The monoisotopic (exact) mass is 391 g/mol. The Morgan fingerprint density at radius 3 is 2.39 bits per heavy atom. The van der Waals surface area contributed by atoms with Gasteiger partial charge in [0.1, 0.15) is 0 Å². The standard InChI is InChI=1S/C19H22BrNOS/c1-3-14(2)16-6-10-18(11-7-16)21-19(22)13-23-12-15-4-8-17(20)9-5-15/h4-11,14H,3,12-13H2,1-2H3,(H,21,22)/t14-/m1/s1. The average Bonchev–Trinajstić information content (AvgIpc) is 2.56. The Hall–Kier alpha value is -1.26. The minimum atomic E-state index is 0.0448. The van der Waals surface area contributed by atoms with Gasteiger partial charge in [-0.25, -0.2) is 0 Å². The van der Waals surface area contributed by atoms with Gasteiger partial charge in [0.25, 0.3) is 0 Å². The molecule has 1 amide bonds. The van der Waals surface area contributed by atoms with Crippen molar-refractivity contribution in [2.45, 2.75) is 31.9 Å². The van der Waals surface area contributed by atoms with Crippen LogP contribution in [-0.4, -0.2) is 11.7 Å². The molecule has 0 aliphatic carbocycles. The quantitative estimate of drug-likeness (QED) is 0.642. The van der Waals surface area contributed by atoms with E-state index in [-0.39, 0.29) is 5.91 Å². The van der Waals surface area contributed by atoms with Crippen LogP contribution >= 0.6 is 27.7 Å². The molecule has 0 aliphatic heterocycles. The van der Waals surface area contributed by atoms with E-state index in [0.29, 0.717) is 11.7 Å². The molecule has 2 aromatic rings. The summed E-state index contributed by atoms with van der Waals surface area (Å²) in [6.07, 6.45) is 1.12. The summed E-state index contributed by atoms with van der Waals surface area (Å²) in [4.78, 5) is 12.0. The molecule has 0 aliphatic rings. The first kappa shape index (κ1) is 18.1. The van der Waals surface area contributed by atoms with Gasteiger partial charge >= 0.3 is 0 Å². The summed E-state index contributed by atoms with van der Waals surface area (Å²) in [6.45, 7) is 4.40. The molecule has 23 heavy (non-hydrogen) atoms. The molecule has 2 aromatic carbocycles. The van der Waals surface area contributed by atoms with Crippen molar-refractivity contribution in [3.05, 3.63) is 64.1 Å². The van der Waals surface area contributed by atoms with Crippen molar-refractivity contribution in [2.75, 3.05) is 11.1 Å². The normalized spacial score (nSPS) is 12.0. The molecule has 1 N–H and O–H groups in total. The fourth-order valence-electron chi connectivity index (χ4n) is 2.17. The number of nitrogens with one attached hydrogen (secondary N) is 1. The lowest BCUT2D eigenvalue weighted by atomic mass is 9.99. The van der Waals surface area contributed by atoms with Gasteiger partial charge in [0.05, 0.1) is 5.75 Å². The van der Waals surface area contributed by atoms with Gasteiger partial charge < -0.3 is 5.32 Å². The van der Waals surface area contributed by atoms with Crippen LogP contribution in [0.25, 0.3) is 0 Å². The van der Waals surface area contributed by atoms with Crippen molar-refractivity contribution in [1.29, 1.82) is 0 Å². The van der Waals surface area contributed by atoms with E-state index in [2.05, 4.69) is 59.4 Å². The number of amides is 1. The SMILES string of the molecule is CC[C@@H](C)c1ccc(NC(=O)CSCc2ccc(Br)cc2)cc1. The molecule has 2 rings (SSSR count). The lowest BCUT2D eigenvalue weighted by molar-refractivity contribution is -0.113. The largest absolute Gasteiger partial charge is 0.325 e. The molecule has 0 saturated heterocycles. The molecule has 0 unspecified atom stereocenters. The minimum Gasteiger partial charge on any atom is -0.325 e. The maximum atomic E-state index is 12.0. The van der Waals surface area contributed by atoms with Gasteiger partial charge in [-0.3, -0.25) is 4.79 Å². The van der Waals surface area contributed by atoms with Crippen LogP contribution in [0.15, 0.2) is 53.0 Å². The van der Waals surface area contributed by atoms with Crippen LogP contribution in [0.1, 0.15) is 37.3 Å². The molecule has 122 valence electrons. The molecule has 0 radical (unpaired) electrons. The molecule has 0 heterocycles. The van der Waals surface area contributed by atoms with Crippen LogP contribution < -0.4 is 5.32 Å². The van der Waals surface area contributed by atoms with E-state index in [1.807, 2.05) is 24.3 Å². The maximum Gasteiger partial charge on any atom is 0.234 e. The summed E-state index contributed by atoms with van der Waals surface area (Å²) >= 11 is 5.05. The summed E-state index contributed by atoms with van der Waals surface area (Å²) in [7, 11) is 0. The van der Waals surface area contributed by atoms with E-state index in [0.717, 1.165) is 22.3 Å². The van der Waals surface area contributed by atoms with Crippen molar-refractivity contribution >= 4 is 39.3 Å². The molecule has 1 atom stereocenters. The van der Waals surface area contributed by atoms with Crippen LogP contribution in [-0.2, 0) is 10.5 Å².